The van der Waals surface area contributed by atoms with Crippen LogP contribution < -0.4 is 5.32 Å². The number of hydrogen-bond acceptors (Lipinski definition) is 3. The number of furan rings is 1. The van der Waals surface area contributed by atoms with E-state index < -0.39 is 0 Å². The monoisotopic (exact) mass is 236 g/mol. The molecule has 1 N–H and O–H groups in total. The van der Waals surface area contributed by atoms with Crippen molar-refractivity contribution in [2.24, 2.45) is 0 Å². The molecular formula is C12H16N2O3. The van der Waals surface area contributed by atoms with Crippen LogP contribution in [0, 0.1) is 6.92 Å². The average molecular weight is 236 g/mol. The summed E-state index contributed by atoms with van der Waals surface area (Å²) in [6.45, 7) is 1.81. The molecule has 1 aromatic rings. The molecule has 2 amide bonds. The summed E-state index contributed by atoms with van der Waals surface area (Å²) in [4.78, 5) is 24.9. The van der Waals surface area contributed by atoms with Gasteiger partial charge in [-0.3, -0.25) is 9.59 Å². The molecule has 1 heterocycles. The first-order valence-electron chi connectivity index (χ1n) is 5.67. The van der Waals surface area contributed by atoms with E-state index in [1.165, 1.54) is 11.2 Å². The molecule has 17 heavy (non-hydrogen) atoms. The highest BCUT2D eigenvalue weighted by molar-refractivity contribution is 5.97. The normalized spacial score (nSPS) is 14.5. The molecule has 0 unspecified atom stereocenters. The van der Waals surface area contributed by atoms with Crippen molar-refractivity contribution in [3.8, 4) is 0 Å². The van der Waals surface area contributed by atoms with Crippen LogP contribution in [-0.4, -0.2) is 36.3 Å². The Morgan fingerprint density at radius 2 is 2.24 bits per heavy atom. The summed E-state index contributed by atoms with van der Waals surface area (Å²) in [6.07, 6.45) is 3.56. The minimum atomic E-state index is -0.192. The lowest BCUT2D eigenvalue weighted by Crippen LogP contribution is -2.39. The van der Waals surface area contributed by atoms with E-state index >= 15 is 0 Å². The molecule has 92 valence electrons. The lowest BCUT2D eigenvalue weighted by atomic mass is 10.2. The van der Waals surface area contributed by atoms with Gasteiger partial charge in [0, 0.05) is 13.1 Å². The molecule has 2 rings (SSSR count). The summed E-state index contributed by atoms with van der Waals surface area (Å²) < 4.78 is 5.07. The van der Waals surface area contributed by atoms with Crippen LogP contribution in [0.15, 0.2) is 16.7 Å². The van der Waals surface area contributed by atoms with Crippen LogP contribution in [0.1, 0.15) is 29.0 Å². The van der Waals surface area contributed by atoms with E-state index in [1.807, 2.05) is 0 Å². The molecule has 1 saturated carbocycles. The Kier molecular flexibility index (Phi) is 3.17. The van der Waals surface area contributed by atoms with Gasteiger partial charge in [0.05, 0.1) is 18.4 Å². The third-order valence-corrected chi connectivity index (χ3v) is 2.76. The molecule has 1 aromatic heterocycles. The number of nitrogens with zero attached hydrogens (tertiary/aromatic N) is 1. The standard InChI is InChI=1S/C12H16N2O3/c1-8-10(5-6-17-8)12(16)14(2)7-11(15)13-9-3-4-9/h5-6,9H,3-4,7H2,1-2H3,(H,13,15). The maximum absolute atomic E-state index is 11.9. The second kappa shape index (κ2) is 4.61. The highest BCUT2D eigenvalue weighted by atomic mass is 16.3. The van der Waals surface area contributed by atoms with Crippen LogP contribution in [0.25, 0.3) is 0 Å². The van der Waals surface area contributed by atoms with Gasteiger partial charge in [-0.05, 0) is 25.8 Å². The van der Waals surface area contributed by atoms with Gasteiger partial charge in [0.1, 0.15) is 5.76 Å². The molecule has 0 spiro atoms. The minimum Gasteiger partial charge on any atom is -0.469 e. The van der Waals surface area contributed by atoms with Gasteiger partial charge in [-0.2, -0.15) is 0 Å². The molecule has 0 bridgehead atoms. The van der Waals surface area contributed by atoms with E-state index in [4.69, 9.17) is 4.42 Å². The van der Waals surface area contributed by atoms with E-state index in [0.717, 1.165) is 12.8 Å². The number of hydrogen-bond donors (Lipinski definition) is 1. The third kappa shape index (κ3) is 2.87. The maximum Gasteiger partial charge on any atom is 0.257 e. The Hall–Kier alpha value is -1.78. The first kappa shape index (κ1) is 11.7. The van der Waals surface area contributed by atoms with Gasteiger partial charge in [-0.15, -0.1) is 0 Å². The Morgan fingerprint density at radius 1 is 1.53 bits per heavy atom. The van der Waals surface area contributed by atoms with Crippen molar-refractivity contribution in [1.82, 2.24) is 10.2 Å². The highest BCUT2D eigenvalue weighted by Gasteiger charge is 2.25. The molecule has 0 aromatic carbocycles. The predicted molar refractivity (Wildman–Crippen MR) is 61.6 cm³/mol. The number of carbonyl (C=O) groups is 2. The van der Waals surface area contributed by atoms with Gasteiger partial charge < -0.3 is 14.6 Å². The van der Waals surface area contributed by atoms with Crippen molar-refractivity contribution in [3.05, 3.63) is 23.7 Å². The largest absolute Gasteiger partial charge is 0.469 e. The zero-order valence-electron chi connectivity index (χ0n) is 10.0. The van der Waals surface area contributed by atoms with Gasteiger partial charge in [-0.25, -0.2) is 0 Å². The van der Waals surface area contributed by atoms with Gasteiger partial charge in [-0.1, -0.05) is 0 Å². The average Bonchev–Trinajstić information content (AvgIpc) is 2.97. The Balaban J connectivity index is 1.90. The summed E-state index contributed by atoms with van der Waals surface area (Å²) in [5, 5.41) is 2.84. The van der Waals surface area contributed by atoms with Crippen LogP contribution >= 0.6 is 0 Å². The zero-order chi connectivity index (χ0) is 12.4. The molecule has 1 aliphatic rings. The van der Waals surface area contributed by atoms with E-state index in [0.29, 0.717) is 17.4 Å². The molecule has 1 fully saturated rings. The maximum atomic E-state index is 11.9. The fourth-order valence-corrected chi connectivity index (χ4v) is 1.60. The Morgan fingerprint density at radius 3 is 2.76 bits per heavy atom. The number of carbonyl (C=O) groups excluding carboxylic acids is 2. The van der Waals surface area contributed by atoms with E-state index in [2.05, 4.69) is 5.32 Å². The van der Waals surface area contributed by atoms with Crippen molar-refractivity contribution in [1.29, 1.82) is 0 Å². The van der Waals surface area contributed by atoms with Gasteiger partial charge in [0.2, 0.25) is 5.91 Å². The Bertz CT molecular complexity index is 435. The van der Waals surface area contributed by atoms with Crippen LogP contribution in [0.2, 0.25) is 0 Å². The number of nitrogens with one attached hydrogen (secondary N) is 1. The van der Waals surface area contributed by atoms with Gasteiger partial charge in [0.15, 0.2) is 0 Å². The van der Waals surface area contributed by atoms with E-state index in [9.17, 15) is 9.59 Å². The summed E-state index contributed by atoms with van der Waals surface area (Å²) in [5.41, 5.74) is 0.506. The lowest BCUT2D eigenvalue weighted by molar-refractivity contribution is -0.121. The first-order valence-corrected chi connectivity index (χ1v) is 5.67. The van der Waals surface area contributed by atoms with Crippen LogP contribution in [-0.2, 0) is 4.79 Å². The molecule has 0 saturated heterocycles. The quantitative estimate of drug-likeness (QED) is 0.846. The smallest absolute Gasteiger partial charge is 0.257 e. The number of likely N-dealkylation sites (N-methyl/N-ethyl adjacent to an activating group) is 1. The van der Waals surface area contributed by atoms with Crippen LogP contribution in [0.3, 0.4) is 0 Å². The summed E-state index contributed by atoms with van der Waals surface area (Å²) in [6, 6.07) is 1.94. The van der Waals surface area contributed by atoms with Gasteiger partial charge in [0.25, 0.3) is 5.91 Å². The number of amides is 2. The first-order chi connectivity index (χ1) is 8.08. The molecule has 0 aliphatic heterocycles. The lowest BCUT2D eigenvalue weighted by Gasteiger charge is -2.16. The minimum absolute atomic E-state index is 0.0833. The fourth-order valence-electron chi connectivity index (χ4n) is 1.60. The molecule has 1 aliphatic carbocycles. The van der Waals surface area contributed by atoms with Crippen molar-refractivity contribution in [2.75, 3.05) is 13.6 Å². The molecular weight excluding hydrogens is 220 g/mol. The number of aryl methyl sites for hydroxylation is 1. The Labute approximate surface area is 99.8 Å². The number of rotatable bonds is 4. The van der Waals surface area contributed by atoms with E-state index in [1.54, 1.807) is 20.0 Å². The molecule has 5 heteroatoms. The van der Waals surface area contributed by atoms with Gasteiger partial charge >= 0.3 is 0 Å². The van der Waals surface area contributed by atoms with Crippen LogP contribution in [0.4, 0.5) is 0 Å². The van der Waals surface area contributed by atoms with Crippen molar-refractivity contribution in [3.63, 3.8) is 0 Å². The van der Waals surface area contributed by atoms with E-state index in [-0.39, 0.29) is 18.4 Å². The topological polar surface area (TPSA) is 62.6 Å². The van der Waals surface area contributed by atoms with Crippen molar-refractivity contribution < 1.29 is 14.0 Å². The molecule has 0 atom stereocenters. The summed E-state index contributed by atoms with van der Waals surface area (Å²) >= 11 is 0. The molecule has 0 radical (unpaired) electrons. The highest BCUT2D eigenvalue weighted by Crippen LogP contribution is 2.18. The summed E-state index contributed by atoms with van der Waals surface area (Å²) in [5.74, 6) is 0.274. The fraction of sp³-hybridized carbons (Fsp3) is 0.500. The predicted octanol–water partition coefficient (Wildman–Crippen LogP) is 0.939. The summed E-state index contributed by atoms with van der Waals surface area (Å²) in [7, 11) is 1.61. The SMILES string of the molecule is Cc1occc1C(=O)N(C)CC(=O)NC1CC1. The van der Waals surface area contributed by atoms with Crippen LogP contribution in [0.5, 0.6) is 0 Å². The second-order valence-corrected chi connectivity index (χ2v) is 4.39. The van der Waals surface area contributed by atoms with Crippen molar-refractivity contribution in [2.45, 2.75) is 25.8 Å². The molecule has 5 nitrogen and oxygen atoms in total. The van der Waals surface area contributed by atoms with Crippen molar-refractivity contribution >= 4 is 11.8 Å². The second-order valence-electron chi connectivity index (χ2n) is 4.39. The zero-order valence-corrected chi connectivity index (χ0v) is 10.0. The third-order valence-electron chi connectivity index (χ3n) is 2.76.